The van der Waals surface area contributed by atoms with Crippen LogP contribution in [0.2, 0.25) is 0 Å². The van der Waals surface area contributed by atoms with Gasteiger partial charge in [-0.05, 0) is 80.2 Å². The molecule has 0 aliphatic heterocycles. The van der Waals surface area contributed by atoms with E-state index in [2.05, 4.69) is 19.7 Å². The first-order valence-corrected chi connectivity index (χ1v) is 13.9. The molecule has 8 nitrogen and oxygen atoms in total. The third kappa shape index (κ3) is 5.61. The van der Waals surface area contributed by atoms with E-state index >= 15 is 0 Å². The maximum absolute atomic E-state index is 13.5. The predicted octanol–water partition coefficient (Wildman–Crippen LogP) is 5.02. The summed E-state index contributed by atoms with van der Waals surface area (Å²) in [4.78, 5) is 6.74. The van der Waals surface area contributed by atoms with E-state index in [1.807, 2.05) is 60.0 Å². The van der Waals surface area contributed by atoms with E-state index < -0.39 is 10.0 Å². The van der Waals surface area contributed by atoms with Crippen LogP contribution in [0.1, 0.15) is 6.92 Å². The number of imidazole rings is 1. The number of aromatic nitrogens is 4. The van der Waals surface area contributed by atoms with Gasteiger partial charge < -0.3 is 4.90 Å². The number of hydrogen-bond acceptors (Lipinski definition) is 5. The summed E-state index contributed by atoms with van der Waals surface area (Å²) < 4.78 is 44.7. The van der Waals surface area contributed by atoms with E-state index in [9.17, 15) is 12.8 Å². The number of fused-ring (bicyclic) bond motifs is 1. The van der Waals surface area contributed by atoms with E-state index in [-0.39, 0.29) is 11.6 Å². The zero-order valence-corrected chi connectivity index (χ0v) is 22.3. The monoisotopic (exact) mass is 532 g/mol. The minimum Gasteiger partial charge on any atom is -0.308 e. The Morgan fingerprint density at radius 1 is 0.947 bits per heavy atom. The summed E-state index contributed by atoms with van der Waals surface area (Å²) in [5.41, 5.74) is 6.36. The van der Waals surface area contributed by atoms with Gasteiger partial charge in [-0.15, -0.1) is 0 Å². The van der Waals surface area contributed by atoms with Gasteiger partial charge >= 0.3 is 0 Å². The van der Waals surface area contributed by atoms with Crippen LogP contribution in [-0.2, 0) is 16.6 Å². The van der Waals surface area contributed by atoms with E-state index in [0.717, 1.165) is 52.1 Å². The van der Waals surface area contributed by atoms with Gasteiger partial charge in [-0.2, -0.15) is 5.10 Å². The molecule has 0 saturated carbocycles. The van der Waals surface area contributed by atoms with Crippen LogP contribution >= 0.6 is 0 Å². The molecule has 2 heterocycles. The van der Waals surface area contributed by atoms with Crippen molar-refractivity contribution in [3.05, 3.63) is 85.2 Å². The zero-order chi connectivity index (χ0) is 26.9. The van der Waals surface area contributed by atoms with Gasteiger partial charge in [-0.3, -0.25) is 14.0 Å². The average molecular weight is 533 g/mol. The molecule has 1 N–H and O–H groups in total. The first kappa shape index (κ1) is 25.6. The lowest BCUT2D eigenvalue weighted by atomic mass is 10.0. The molecule has 0 aliphatic carbocycles. The number of benzene rings is 3. The summed E-state index contributed by atoms with van der Waals surface area (Å²) in [6.07, 6.45) is 5.60. The lowest BCUT2D eigenvalue weighted by Gasteiger charge is -2.13. The van der Waals surface area contributed by atoms with E-state index in [1.54, 1.807) is 37.5 Å². The molecule has 2 aromatic heterocycles. The van der Waals surface area contributed by atoms with Crippen molar-refractivity contribution in [1.29, 1.82) is 0 Å². The Balaban J connectivity index is 1.53. The van der Waals surface area contributed by atoms with Gasteiger partial charge in [0.1, 0.15) is 12.1 Å². The summed E-state index contributed by atoms with van der Waals surface area (Å²) >= 11 is 0. The van der Waals surface area contributed by atoms with E-state index in [0.29, 0.717) is 5.69 Å². The minimum absolute atomic E-state index is 0.0500. The van der Waals surface area contributed by atoms with Crippen molar-refractivity contribution in [2.45, 2.75) is 13.5 Å². The Morgan fingerprint density at radius 3 is 2.45 bits per heavy atom. The van der Waals surface area contributed by atoms with Crippen LogP contribution < -0.4 is 4.72 Å². The van der Waals surface area contributed by atoms with Crippen molar-refractivity contribution in [3.8, 4) is 27.9 Å². The Kier molecular flexibility index (Phi) is 7.00. The number of sulfonamides is 1. The number of anilines is 1. The van der Waals surface area contributed by atoms with Crippen molar-refractivity contribution in [1.82, 2.24) is 24.2 Å². The standard InChI is InChI=1S/C28H29FN6O2S/c1-4-38(36,37)32-25-13-22(20-5-8-24(29)9-6-20)14-26(16-25)35-19-30-27-15-21(7-10-28(27)35)23-17-31-34(18-23)12-11-33(2)3/h5-10,13-19,32H,4,11-12H2,1-3H3. The van der Waals surface area contributed by atoms with Gasteiger partial charge in [0.25, 0.3) is 0 Å². The Labute approximate surface area is 221 Å². The molecule has 0 atom stereocenters. The summed E-state index contributed by atoms with van der Waals surface area (Å²) in [6, 6.07) is 17.6. The van der Waals surface area contributed by atoms with Crippen molar-refractivity contribution in [3.63, 3.8) is 0 Å². The first-order valence-electron chi connectivity index (χ1n) is 12.3. The molecule has 196 valence electrons. The van der Waals surface area contributed by atoms with E-state index in [4.69, 9.17) is 0 Å². The van der Waals surface area contributed by atoms with E-state index in [1.165, 1.54) is 12.1 Å². The molecule has 0 bridgehead atoms. The lowest BCUT2D eigenvalue weighted by Crippen LogP contribution is -2.18. The van der Waals surface area contributed by atoms with Crippen molar-refractivity contribution >= 4 is 26.7 Å². The fourth-order valence-corrected chi connectivity index (χ4v) is 4.83. The fourth-order valence-electron chi connectivity index (χ4n) is 4.21. The molecule has 5 aromatic rings. The van der Waals surface area contributed by atoms with Gasteiger partial charge in [0.05, 0.1) is 35.2 Å². The highest BCUT2D eigenvalue weighted by molar-refractivity contribution is 7.92. The van der Waals surface area contributed by atoms with Crippen molar-refractivity contribution < 1.29 is 12.8 Å². The highest BCUT2D eigenvalue weighted by Crippen LogP contribution is 2.30. The molecule has 5 rings (SSSR count). The average Bonchev–Trinajstić information content (AvgIpc) is 3.54. The van der Waals surface area contributed by atoms with Gasteiger partial charge in [0, 0.05) is 24.0 Å². The summed E-state index contributed by atoms with van der Waals surface area (Å²) in [5.74, 6) is -0.387. The number of nitrogens with one attached hydrogen (secondary N) is 1. The fraction of sp³-hybridized carbons (Fsp3) is 0.214. The molecule has 3 aromatic carbocycles. The van der Waals surface area contributed by atoms with Crippen LogP contribution in [-0.4, -0.2) is 59.0 Å². The third-order valence-corrected chi connectivity index (χ3v) is 7.62. The van der Waals surface area contributed by atoms with Gasteiger partial charge in [-0.25, -0.2) is 17.8 Å². The Bertz CT molecular complexity index is 1690. The highest BCUT2D eigenvalue weighted by Gasteiger charge is 2.13. The largest absolute Gasteiger partial charge is 0.308 e. The molecule has 0 radical (unpaired) electrons. The molecular weight excluding hydrogens is 503 g/mol. The molecule has 0 aliphatic rings. The Morgan fingerprint density at radius 2 is 1.71 bits per heavy atom. The molecule has 0 saturated heterocycles. The summed E-state index contributed by atoms with van der Waals surface area (Å²) in [6.45, 7) is 3.29. The van der Waals surface area contributed by atoms with Crippen LogP contribution in [0.3, 0.4) is 0 Å². The van der Waals surface area contributed by atoms with Crippen LogP contribution in [0.15, 0.2) is 79.4 Å². The lowest BCUT2D eigenvalue weighted by molar-refractivity contribution is 0.373. The molecule has 10 heteroatoms. The molecule has 0 unspecified atom stereocenters. The van der Waals surface area contributed by atoms with Crippen LogP contribution in [0.5, 0.6) is 0 Å². The summed E-state index contributed by atoms with van der Waals surface area (Å²) in [7, 11) is 0.572. The molecular formula is C28H29FN6O2S. The highest BCUT2D eigenvalue weighted by atomic mass is 32.2. The maximum Gasteiger partial charge on any atom is 0.232 e. The molecule has 0 spiro atoms. The minimum atomic E-state index is -3.50. The second-order valence-corrected chi connectivity index (χ2v) is 11.4. The maximum atomic E-state index is 13.5. The summed E-state index contributed by atoms with van der Waals surface area (Å²) in [5, 5.41) is 4.47. The molecule has 0 amide bonds. The van der Waals surface area contributed by atoms with Crippen molar-refractivity contribution in [2.75, 3.05) is 31.1 Å². The van der Waals surface area contributed by atoms with Crippen LogP contribution in [0.4, 0.5) is 10.1 Å². The number of rotatable bonds is 9. The predicted molar refractivity (Wildman–Crippen MR) is 149 cm³/mol. The number of likely N-dealkylation sites (N-methyl/N-ethyl adjacent to an activating group) is 1. The van der Waals surface area contributed by atoms with Gasteiger partial charge in [0.15, 0.2) is 0 Å². The van der Waals surface area contributed by atoms with Crippen LogP contribution in [0.25, 0.3) is 39.0 Å². The van der Waals surface area contributed by atoms with Crippen LogP contribution in [0, 0.1) is 5.82 Å². The number of nitrogens with zero attached hydrogens (tertiary/aromatic N) is 5. The van der Waals surface area contributed by atoms with Gasteiger partial charge in [-0.1, -0.05) is 18.2 Å². The smallest absolute Gasteiger partial charge is 0.232 e. The van der Waals surface area contributed by atoms with Crippen molar-refractivity contribution in [2.24, 2.45) is 0 Å². The zero-order valence-electron chi connectivity index (χ0n) is 21.5. The molecule has 0 fully saturated rings. The first-order chi connectivity index (χ1) is 18.2. The second kappa shape index (κ2) is 10.4. The number of hydrogen-bond donors (Lipinski definition) is 1. The quantitative estimate of drug-likeness (QED) is 0.288. The topological polar surface area (TPSA) is 85.0 Å². The van der Waals surface area contributed by atoms with Gasteiger partial charge in [0.2, 0.25) is 10.0 Å². The second-order valence-electron chi connectivity index (χ2n) is 9.39. The third-order valence-electron chi connectivity index (χ3n) is 6.32. The molecule has 38 heavy (non-hydrogen) atoms. The number of halogens is 1. The Hall–Kier alpha value is -4.02. The SMILES string of the molecule is CCS(=O)(=O)Nc1cc(-c2ccc(F)cc2)cc(-n2cnc3cc(-c4cnn(CCN(C)C)c4)ccc32)c1. The normalized spacial score (nSPS) is 11.9.